The van der Waals surface area contributed by atoms with Crippen molar-refractivity contribution in [3.05, 3.63) is 38.8 Å². The molecule has 0 radical (unpaired) electrons. The van der Waals surface area contributed by atoms with Crippen LogP contribution in [0.3, 0.4) is 0 Å². The molecule has 0 saturated heterocycles. The molecule has 5 nitrogen and oxygen atoms in total. The lowest BCUT2D eigenvalue weighted by molar-refractivity contribution is 0.103. The van der Waals surface area contributed by atoms with E-state index in [0.717, 1.165) is 15.8 Å². The summed E-state index contributed by atoms with van der Waals surface area (Å²) in [6.45, 7) is 1.72. The fourth-order valence-corrected chi connectivity index (χ4v) is 2.61. The molecule has 0 atom stereocenters. The molecule has 0 aliphatic rings. The number of nitrogens with zero attached hydrogens (tertiary/aromatic N) is 2. The summed E-state index contributed by atoms with van der Waals surface area (Å²) in [6, 6.07) is 7.08. The topological polar surface area (TPSA) is 91.8 Å². The third-order valence-electron chi connectivity index (χ3n) is 2.37. The second-order valence-corrected chi connectivity index (χ2v) is 5.67. The normalized spacial score (nSPS) is 9.95. The maximum atomic E-state index is 12.1. The third-order valence-corrected chi connectivity index (χ3v) is 3.85. The van der Waals surface area contributed by atoms with Crippen LogP contribution in [-0.4, -0.2) is 10.9 Å². The van der Waals surface area contributed by atoms with Crippen molar-refractivity contribution in [2.24, 2.45) is 0 Å². The summed E-state index contributed by atoms with van der Waals surface area (Å²) in [6.07, 6.45) is 0. The Morgan fingerprint density at radius 3 is 2.89 bits per heavy atom. The van der Waals surface area contributed by atoms with E-state index in [1.54, 1.807) is 25.1 Å². The molecule has 0 aliphatic carbocycles. The van der Waals surface area contributed by atoms with Crippen molar-refractivity contribution in [2.75, 3.05) is 11.1 Å². The summed E-state index contributed by atoms with van der Waals surface area (Å²) in [5.41, 5.74) is 6.98. The number of hydrogen-bond acceptors (Lipinski definition) is 5. The van der Waals surface area contributed by atoms with Crippen LogP contribution >= 0.6 is 27.3 Å². The van der Waals surface area contributed by atoms with Gasteiger partial charge in [-0.1, -0.05) is 27.3 Å². The Morgan fingerprint density at radius 1 is 1.58 bits per heavy atom. The van der Waals surface area contributed by atoms with Crippen LogP contribution in [0.2, 0.25) is 0 Å². The van der Waals surface area contributed by atoms with Crippen LogP contribution in [0.1, 0.15) is 20.9 Å². The zero-order valence-corrected chi connectivity index (χ0v) is 12.3. The Kier molecular flexibility index (Phi) is 3.83. The molecule has 1 aromatic carbocycles. The number of anilines is 2. The summed E-state index contributed by atoms with van der Waals surface area (Å²) in [7, 11) is 0. The molecule has 0 unspecified atom stereocenters. The molecule has 3 N–H and O–H groups in total. The van der Waals surface area contributed by atoms with Crippen LogP contribution in [0.4, 0.5) is 10.8 Å². The number of aromatic nitrogens is 1. The van der Waals surface area contributed by atoms with Crippen molar-refractivity contribution in [3.8, 4) is 6.07 Å². The van der Waals surface area contributed by atoms with Crippen LogP contribution in [0, 0.1) is 18.3 Å². The minimum Gasteiger partial charge on any atom is -0.375 e. The Balaban J connectivity index is 2.32. The van der Waals surface area contributed by atoms with E-state index >= 15 is 0 Å². The lowest BCUT2D eigenvalue weighted by Gasteiger charge is -2.06. The highest BCUT2D eigenvalue weighted by atomic mass is 79.9. The highest BCUT2D eigenvalue weighted by molar-refractivity contribution is 9.10. The van der Waals surface area contributed by atoms with Gasteiger partial charge in [-0.2, -0.15) is 5.26 Å². The van der Waals surface area contributed by atoms with E-state index < -0.39 is 0 Å². The lowest BCUT2D eigenvalue weighted by atomic mass is 10.2. The standard InChI is InChI=1S/C12H9BrN4OS/c1-6-10(19-12(15)16-6)11(18)17-9-4-8(13)3-2-7(9)5-14/h2-4H,1H3,(H2,15,16)(H,17,18). The maximum Gasteiger partial charge on any atom is 0.267 e. The van der Waals surface area contributed by atoms with Crippen molar-refractivity contribution in [3.63, 3.8) is 0 Å². The number of benzene rings is 1. The van der Waals surface area contributed by atoms with E-state index in [1.165, 1.54) is 0 Å². The van der Waals surface area contributed by atoms with E-state index in [2.05, 4.69) is 26.2 Å². The van der Waals surface area contributed by atoms with Gasteiger partial charge < -0.3 is 11.1 Å². The molecule has 1 heterocycles. The first kappa shape index (κ1) is 13.5. The second-order valence-electron chi connectivity index (χ2n) is 3.72. The van der Waals surface area contributed by atoms with Crippen molar-refractivity contribution in [1.29, 1.82) is 5.26 Å². The van der Waals surface area contributed by atoms with Crippen LogP contribution in [0.25, 0.3) is 0 Å². The first-order valence-corrected chi connectivity index (χ1v) is 6.86. The lowest BCUT2D eigenvalue weighted by Crippen LogP contribution is -2.12. The number of nitriles is 1. The van der Waals surface area contributed by atoms with Gasteiger partial charge in [0.15, 0.2) is 5.13 Å². The first-order chi connectivity index (χ1) is 9.01. The SMILES string of the molecule is Cc1nc(N)sc1C(=O)Nc1cc(Br)ccc1C#N. The number of hydrogen-bond donors (Lipinski definition) is 2. The number of amides is 1. The molecule has 2 rings (SSSR count). The number of nitrogens with one attached hydrogen (secondary N) is 1. The van der Waals surface area contributed by atoms with Crippen LogP contribution in [-0.2, 0) is 0 Å². The summed E-state index contributed by atoms with van der Waals surface area (Å²) < 4.78 is 0.780. The molecule has 2 aromatic rings. The predicted octanol–water partition coefficient (Wildman–Crippen LogP) is 2.92. The van der Waals surface area contributed by atoms with E-state index in [0.29, 0.717) is 27.0 Å². The minimum atomic E-state index is -0.318. The Hall–Kier alpha value is -1.91. The Morgan fingerprint density at radius 2 is 2.32 bits per heavy atom. The zero-order chi connectivity index (χ0) is 14.0. The van der Waals surface area contributed by atoms with Gasteiger partial charge >= 0.3 is 0 Å². The Bertz CT molecular complexity index is 690. The molecule has 1 amide bonds. The van der Waals surface area contributed by atoms with Gasteiger partial charge in [0.25, 0.3) is 5.91 Å². The van der Waals surface area contributed by atoms with Gasteiger partial charge in [-0.3, -0.25) is 4.79 Å². The van der Waals surface area contributed by atoms with Gasteiger partial charge in [-0.15, -0.1) is 0 Å². The van der Waals surface area contributed by atoms with Gasteiger partial charge in [0.1, 0.15) is 10.9 Å². The number of aryl methyl sites for hydroxylation is 1. The van der Waals surface area contributed by atoms with Gasteiger partial charge in [0, 0.05) is 4.47 Å². The summed E-state index contributed by atoms with van der Waals surface area (Å²) in [5.74, 6) is -0.318. The smallest absolute Gasteiger partial charge is 0.267 e. The van der Waals surface area contributed by atoms with E-state index in [4.69, 9.17) is 11.0 Å². The molecule has 0 fully saturated rings. The molecular formula is C12H9BrN4OS. The fourth-order valence-electron chi connectivity index (χ4n) is 1.52. The number of halogens is 1. The predicted molar refractivity (Wildman–Crippen MR) is 78.1 cm³/mol. The monoisotopic (exact) mass is 336 g/mol. The maximum absolute atomic E-state index is 12.1. The van der Waals surface area contributed by atoms with Crippen molar-refractivity contribution < 1.29 is 4.79 Å². The van der Waals surface area contributed by atoms with Gasteiger partial charge in [0.05, 0.1) is 16.9 Å². The molecule has 0 spiro atoms. The summed E-state index contributed by atoms with van der Waals surface area (Å²) >= 11 is 4.42. The van der Waals surface area contributed by atoms with Crippen molar-refractivity contribution in [1.82, 2.24) is 4.98 Å². The van der Waals surface area contributed by atoms with E-state index in [1.807, 2.05) is 6.07 Å². The molecule has 0 saturated carbocycles. The molecule has 1 aromatic heterocycles. The van der Waals surface area contributed by atoms with E-state index in [9.17, 15) is 4.79 Å². The number of carbonyl (C=O) groups is 1. The van der Waals surface area contributed by atoms with Gasteiger partial charge in [0.2, 0.25) is 0 Å². The summed E-state index contributed by atoms with van der Waals surface area (Å²) in [4.78, 5) is 16.5. The van der Waals surface area contributed by atoms with Crippen LogP contribution in [0.15, 0.2) is 22.7 Å². The van der Waals surface area contributed by atoms with E-state index in [-0.39, 0.29) is 5.91 Å². The fraction of sp³-hybridized carbons (Fsp3) is 0.0833. The minimum absolute atomic E-state index is 0.318. The number of carbonyl (C=O) groups excluding carboxylic acids is 1. The molecule has 19 heavy (non-hydrogen) atoms. The summed E-state index contributed by atoms with van der Waals surface area (Å²) in [5, 5.41) is 12.0. The van der Waals surface area contributed by atoms with Crippen molar-refractivity contribution >= 4 is 44.0 Å². The number of nitrogens with two attached hydrogens (primary N) is 1. The van der Waals surface area contributed by atoms with Gasteiger partial charge in [-0.25, -0.2) is 4.98 Å². The Labute approximate surface area is 122 Å². The molecule has 96 valence electrons. The molecule has 7 heteroatoms. The molecule has 0 aliphatic heterocycles. The first-order valence-electron chi connectivity index (χ1n) is 5.25. The largest absolute Gasteiger partial charge is 0.375 e. The molecular weight excluding hydrogens is 328 g/mol. The third kappa shape index (κ3) is 2.92. The zero-order valence-electron chi connectivity index (χ0n) is 9.90. The quantitative estimate of drug-likeness (QED) is 0.881. The van der Waals surface area contributed by atoms with Gasteiger partial charge in [-0.05, 0) is 25.1 Å². The highest BCUT2D eigenvalue weighted by Gasteiger charge is 2.15. The molecule has 0 bridgehead atoms. The number of rotatable bonds is 2. The van der Waals surface area contributed by atoms with Crippen LogP contribution in [0.5, 0.6) is 0 Å². The average Bonchev–Trinajstić information content (AvgIpc) is 2.69. The number of nitrogen functional groups attached to an aromatic ring is 1. The van der Waals surface area contributed by atoms with Crippen molar-refractivity contribution in [2.45, 2.75) is 6.92 Å². The average molecular weight is 337 g/mol. The highest BCUT2D eigenvalue weighted by Crippen LogP contribution is 2.24. The van der Waals surface area contributed by atoms with Crippen LogP contribution < -0.4 is 11.1 Å². The number of thiazole rings is 1. The second kappa shape index (κ2) is 5.38.